The number of quaternary nitrogens is 1. The van der Waals surface area contributed by atoms with Gasteiger partial charge < -0.3 is 9.22 Å². The number of likely N-dealkylation sites (N-methyl/N-ethyl adjacent to an activating group) is 1. The molecule has 0 aromatic carbocycles. The number of nitrogens with zero attached hydrogens (tertiary/aromatic N) is 1. The minimum atomic E-state index is 0.381. The summed E-state index contributed by atoms with van der Waals surface area (Å²) in [5.41, 5.74) is 0. The van der Waals surface area contributed by atoms with E-state index >= 15 is 0 Å². The van der Waals surface area contributed by atoms with E-state index < -0.39 is 0 Å². The predicted molar refractivity (Wildman–Crippen MR) is 65.6 cm³/mol. The van der Waals surface area contributed by atoms with Gasteiger partial charge in [0.25, 0.3) is 0 Å². The molecule has 0 amide bonds. The Morgan fingerprint density at radius 3 is 2.59 bits per heavy atom. The average Bonchev–Trinajstić information content (AvgIpc) is 2.63. The van der Waals surface area contributed by atoms with E-state index in [4.69, 9.17) is 4.74 Å². The molecule has 0 aromatic heterocycles. The van der Waals surface area contributed by atoms with Crippen LogP contribution in [0.3, 0.4) is 0 Å². The first-order valence-electron chi connectivity index (χ1n) is 7.24. The van der Waals surface area contributed by atoms with Crippen molar-refractivity contribution in [2.24, 2.45) is 11.8 Å². The maximum atomic E-state index is 12.3. The second-order valence-corrected chi connectivity index (χ2v) is 6.02. The minimum absolute atomic E-state index is 0.381. The monoisotopic (exact) mass is 238 g/mol. The summed E-state index contributed by atoms with van der Waals surface area (Å²) in [6, 6.07) is 0.607. The van der Waals surface area contributed by atoms with Crippen LogP contribution in [-0.2, 0) is 9.53 Å². The Bertz CT molecular complexity index is 309. The molecular weight excluding hydrogens is 214 g/mol. The van der Waals surface area contributed by atoms with Gasteiger partial charge in [-0.05, 0) is 26.2 Å². The van der Waals surface area contributed by atoms with Crippen LogP contribution < -0.4 is 0 Å². The molecule has 2 bridgehead atoms. The maximum Gasteiger partial charge on any atom is 0.144 e. The molecule has 0 spiro atoms. The van der Waals surface area contributed by atoms with Gasteiger partial charge in [-0.3, -0.25) is 4.79 Å². The number of ketones is 1. The molecule has 1 saturated heterocycles. The summed E-state index contributed by atoms with van der Waals surface area (Å²) >= 11 is 0. The van der Waals surface area contributed by atoms with Gasteiger partial charge in [0.1, 0.15) is 18.9 Å². The molecule has 3 rings (SSSR count). The molecule has 0 unspecified atom stereocenters. The van der Waals surface area contributed by atoms with Crippen molar-refractivity contribution in [2.75, 3.05) is 32.8 Å². The van der Waals surface area contributed by atoms with Crippen molar-refractivity contribution in [3.63, 3.8) is 0 Å². The summed E-state index contributed by atoms with van der Waals surface area (Å²) in [5, 5.41) is 0. The highest BCUT2D eigenvalue weighted by Gasteiger charge is 2.51. The van der Waals surface area contributed by atoms with Crippen LogP contribution in [0.2, 0.25) is 0 Å². The van der Waals surface area contributed by atoms with Gasteiger partial charge in [-0.1, -0.05) is 0 Å². The third kappa shape index (κ3) is 1.75. The van der Waals surface area contributed by atoms with Gasteiger partial charge in [-0.15, -0.1) is 0 Å². The van der Waals surface area contributed by atoms with Crippen molar-refractivity contribution in [3.8, 4) is 0 Å². The standard InChI is InChI=1S/C14H24NO2/c1-2-15(7-9-17-10-8-15)13-6-4-11-3-5-12(13)14(11)16/h11-13H,2-10H2,1H3/q+1/t11-,12-,13+/m0/s1. The Kier molecular flexibility index (Phi) is 2.99. The second-order valence-electron chi connectivity index (χ2n) is 6.02. The molecule has 1 aliphatic heterocycles. The van der Waals surface area contributed by atoms with Gasteiger partial charge in [-0.25, -0.2) is 0 Å². The molecule has 96 valence electrons. The zero-order valence-corrected chi connectivity index (χ0v) is 10.9. The van der Waals surface area contributed by atoms with E-state index in [1.54, 1.807) is 0 Å². The van der Waals surface area contributed by atoms with Gasteiger partial charge in [0.15, 0.2) is 0 Å². The summed E-state index contributed by atoms with van der Waals surface area (Å²) in [4.78, 5) is 12.3. The van der Waals surface area contributed by atoms with Crippen molar-refractivity contribution >= 4 is 5.78 Å². The Labute approximate surface area is 104 Å². The van der Waals surface area contributed by atoms with Gasteiger partial charge in [0.2, 0.25) is 0 Å². The Morgan fingerprint density at radius 2 is 1.88 bits per heavy atom. The number of carbonyl (C=O) groups excluding carboxylic acids is 1. The number of ether oxygens (including phenoxy) is 1. The van der Waals surface area contributed by atoms with Crippen LogP contribution in [0.4, 0.5) is 0 Å². The third-order valence-corrected chi connectivity index (χ3v) is 5.56. The fourth-order valence-corrected chi connectivity index (χ4v) is 4.45. The SMILES string of the molecule is CC[N+]1([C@@H]2CC[C@@H]3CC[C@@H]2C3=O)CCOCC1. The van der Waals surface area contributed by atoms with Crippen molar-refractivity contribution in [3.05, 3.63) is 0 Å². The second kappa shape index (κ2) is 4.36. The predicted octanol–water partition coefficient (Wildman–Crippen LogP) is 1.61. The number of carbonyl (C=O) groups is 1. The highest BCUT2D eigenvalue weighted by atomic mass is 16.5. The number of rotatable bonds is 2. The lowest BCUT2D eigenvalue weighted by Gasteiger charge is -2.49. The number of hydrogen-bond acceptors (Lipinski definition) is 2. The van der Waals surface area contributed by atoms with Crippen LogP contribution in [-0.4, -0.2) is 49.2 Å². The lowest BCUT2D eigenvalue weighted by molar-refractivity contribution is -0.959. The molecule has 3 fully saturated rings. The van der Waals surface area contributed by atoms with Crippen LogP contribution in [0.15, 0.2) is 0 Å². The molecule has 0 N–H and O–H groups in total. The lowest BCUT2D eigenvalue weighted by Crippen LogP contribution is -2.64. The van der Waals surface area contributed by atoms with Crippen molar-refractivity contribution in [1.29, 1.82) is 0 Å². The molecule has 17 heavy (non-hydrogen) atoms. The lowest BCUT2D eigenvalue weighted by atomic mass is 9.81. The van der Waals surface area contributed by atoms with E-state index in [0.29, 0.717) is 23.7 Å². The third-order valence-electron chi connectivity index (χ3n) is 5.56. The first-order valence-corrected chi connectivity index (χ1v) is 7.24. The Morgan fingerprint density at radius 1 is 1.18 bits per heavy atom. The largest absolute Gasteiger partial charge is 0.370 e. The number of hydrogen-bond donors (Lipinski definition) is 0. The summed E-state index contributed by atoms with van der Waals surface area (Å²) in [5.74, 6) is 1.40. The number of fused-ring (bicyclic) bond motifs is 2. The summed E-state index contributed by atoms with van der Waals surface area (Å²) in [6.45, 7) is 7.47. The minimum Gasteiger partial charge on any atom is -0.370 e. The topological polar surface area (TPSA) is 26.3 Å². The van der Waals surface area contributed by atoms with E-state index in [0.717, 1.165) is 43.6 Å². The molecule has 3 nitrogen and oxygen atoms in total. The van der Waals surface area contributed by atoms with Crippen LogP contribution in [0.1, 0.15) is 32.6 Å². The quantitative estimate of drug-likeness (QED) is 0.683. The van der Waals surface area contributed by atoms with Gasteiger partial charge in [0.05, 0.1) is 31.7 Å². The zero-order valence-electron chi connectivity index (χ0n) is 10.9. The Hall–Kier alpha value is -0.410. The van der Waals surface area contributed by atoms with Crippen LogP contribution in [0, 0.1) is 11.8 Å². The van der Waals surface area contributed by atoms with Crippen LogP contribution in [0.5, 0.6) is 0 Å². The van der Waals surface area contributed by atoms with E-state index in [2.05, 4.69) is 6.92 Å². The first kappa shape index (κ1) is 11.7. The van der Waals surface area contributed by atoms with Crippen LogP contribution >= 0.6 is 0 Å². The van der Waals surface area contributed by atoms with E-state index in [-0.39, 0.29) is 0 Å². The molecule has 0 radical (unpaired) electrons. The van der Waals surface area contributed by atoms with E-state index in [9.17, 15) is 4.79 Å². The molecule has 3 aliphatic rings. The van der Waals surface area contributed by atoms with Crippen molar-refractivity contribution in [2.45, 2.75) is 38.6 Å². The zero-order chi connectivity index (χ0) is 11.9. The fraction of sp³-hybridized carbons (Fsp3) is 0.929. The smallest absolute Gasteiger partial charge is 0.144 e. The highest BCUT2D eigenvalue weighted by Crippen LogP contribution is 2.43. The summed E-state index contributed by atoms with van der Waals surface area (Å²) in [7, 11) is 0. The average molecular weight is 238 g/mol. The number of Topliss-reactive ketones (excluding diaryl/α,β-unsaturated/α-hetero) is 1. The molecule has 2 aliphatic carbocycles. The first-order chi connectivity index (χ1) is 8.27. The van der Waals surface area contributed by atoms with Gasteiger partial charge >= 0.3 is 0 Å². The van der Waals surface area contributed by atoms with Crippen molar-refractivity contribution in [1.82, 2.24) is 0 Å². The van der Waals surface area contributed by atoms with Crippen LogP contribution in [0.25, 0.3) is 0 Å². The molecular formula is C14H24NO2+. The summed E-state index contributed by atoms with van der Waals surface area (Å²) in [6.07, 6.45) is 4.75. The van der Waals surface area contributed by atoms with Gasteiger partial charge in [0, 0.05) is 12.3 Å². The molecule has 0 aromatic rings. The number of morpholine rings is 1. The van der Waals surface area contributed by atoms with E-state index in [1.165, 1.54) is 19.4 Å². The molecule has 3 atom stereocenters. The normalized spacial score (nSPS) is 40.5. The molecule has 3 heteroatoms. The Balaban J connectivity index is 1.84. The van der Waals surface area contributed by atoms with E-state index in [1.807, 2.05) is 0 Å². The van der Waals surface area contributed by atoms with Crippen molar-refractivity contribution < 1.29 is 14.0 Å². The maximum absolute atomic E-state index is 12.3. The molecule has 2 saturated carbocycles. The molecule has 1 heterocycles. The summed E-state index contributed by atoms with van der Waals surface area (Å²) < 4.78 is 6.68. The fourth-order valence-electron chi connectivity index (χ4n) is 4.45. The van der Waals surface area contributed by atoms with Gasteiger partial charge in [-0.2, -0.15) is 0 Å². The highest BCUT2D eigenvalue weighted by molar-refractivity contribution is 5.86.